The molecule has 0 unspecified atom stereocenters. The molecule has 0 saturated heterocycles. The molecule has 0 radical (unpaired) electrons. The molecule has 0 aliphatic carbocycles. The van der Waals surface area contributed by atoms with Gasteiger partial charge in [0.2, 0.25) is 0 Å². The van der Waals surface area contributed by atoms with E-state index in [4.69, 9.17) is 27.4 Å². The second kappa shape index (κ2) is 5.46. The van der Waals surface area contributed by atoms with E-state index in [0.29, 0.717) is 10.5 Å². The van der Waals surface area contributed by atoms with Crippen molar-refractivity contribution in [3.8, 4) is 5.75 Å². The molecule has 2 aromatic carbocycles. The van der Waals surface area contributed by atoms with Crippen LogP contribution in [0.4, 0.5) is 0 Å². The summed E-state index contributed by atoms with van der Waals surface area (Å²) in [6.45, 7) is 1.81. The van der Waals surface area contributed by atoms with Crippen molar-refractivity contribution in [2.75, 3.05) is 0 Å². The number of aromatic amines is 1. The molecule has 0 amide bonds. The smallest absolute Gasteiger partial charge is 0.339 e. The van der Waals surface area contributed by atoms with Crippen molar-refractivity contribution in [2.24, 2.45) is 0 Å². The van der Waals surface area contributed by atoms with Gasteiger partial charge in [-0.2, -0.15) is 13.5 Å². The van der Waals surface area contributed by atoms with Crippen molar-refractivity contribution in [2.45, 2.75) is 11.8 Å². The van der Waals surface area contributed by atoms with Crippen LogP contribution >= 0.6 is 23.2 Å². The average Bonchev–Trinajstić information content (AvgIpc) is 2.84. The first-order chi connectivity index (χ1) is 10.4. The van der Waals surface area contributed by atoms with Crippen molar-refractivity contribution in [1.29, 1.82) is 0 Å². The number of fused-ring (bicyclic) bond motifs is 1. The number of nitrogens with zero attached hydrogens (tertiary/aromatic N) is 1. The van der Waals surface area contributed by atoms with E-state index in [9.17, 15) is 8.42 Å². The molecule has 1 aromatic heterocycles. The largest absolute Gasteiger partial charge is 0.379 e. The summed E-state index contributed by atoms with van der Waals surface area (Å²) in [5, 5.41) is 8.12. The molecule has 0 fully saturated rings. The van der Waals surface area contributed by atoms with Crippen LogP contribution < -0.4 is 4.18 Å². The van der Waals surface area contributed by atoms with Crippen molar-refractivity contribution >= 4 is 44.2 Å². The van der Waals surface area contributed by atoms with Crippen molar-refractivity contribution in [3.05, 3.63) is 52.1 Å². The lowest BCUT2D eigenvalue weighted by molar-refractivity contribution is 0.486. The van der Waals surface area contributed by atoms with Gasteiger partial charge in [-0.25, -0.2) is 0 Å². The molecule has 0 bridgehead atoms. The molecule has 114 valence electrons. The van der Waals surface area contributed by atoms with E-state index in [2.05, 4.69) is 10.2 Å². The number of halogens is 2. The lowest BCUT2D eigenvalue weighted by Crippen LogP contribution is -2.09. The maximum Gasteiger partial charge on any atom is 0.339 e. The zero-order chi connectivity index (χ0) is 15.9. The Bertz CT molecular complexity index is 967. The zero-order valence-corrected chi connectivity index (χ0v) is 13.6. The Balaban J connectivity index is 2.00. The lowest BCUT2D eigenvalue weighted by Gasteiger charge is -2.08. The topological polar surface area (TPSA) is 72.0 Å². The first-order valence-electron chi connectivity index (χ1n) is 6.21. The minimum Gasteiger partial charge on any atom is -0.379 e. The third-order valence-electron chi connectivity index (χ3n) is 3.10. The van der Waals surface area contributed by atoms with E-state index < -0.39 is 10.1 Å². The maximum absolute atomic E-state index is 12.3. The molecular weight excluding hydrogens is 347 g/mol. The summed E-state index contributed by atoms with van der Waals surface area (Å²) in [6.07, 6.45) is 0. The lowest BCUT2D eigenvalue weighted by atomic mass is 10.2. The highest BCUT2D eigenvalue weighted by Crippen LogP contribution is 2.29. The maximum atomic E-state index is 12.3. The van der Waals surface area contributed by atoms with Gasteiger partial charge in [-0.1, -0.05) is 23.2 Å². The number of H-pyrrole nitrogens is 1. The number of aryl methyl sites for hydroxylation is 1. The van der Waals surface area contributed by atoms with Crippen molar-refractivity contribution in [3.63, 3.8) is 0 Å². The normalized spacial score (nSPS) is 11.8. The van der Waals surface area contributed by atoms with E-state index in [-0.39, 0.29) is 15.7 Å². The van der Waals surface area contributed by atoms with Crippen LogP contribution in [0.1, 0.15) is 5.69 Å². The Labute approximate surface area is 136 Å². The summed E-state index contributed by atoms with van der Waals surface area (Å²) < 4.78 is 29.8. The first kappa shape index (κ1) is 15.1. The number of aromatic nitrogens is 2. The molecule has 1 heterocycles. The average molecular weight is 357 g/mol. The number of nitrogens with one attached hydrogen (secondary N) is 1. The van der Waals surface area contributed by atoms with Crippen LogP contribution in [0.2, 0.25) is 10.0 Å². The first-order valence-corrected chi connectivity index (χ1v) is 8.37. The van der Waals surface area contributed by atoms with Gasteiger partial charge in [0.1, 0.15) is 10.6 Å². The Hall–Kier alpha value is -1.76. The molecule has 8 heteroatoms. The molecule has 0 saturated carbocycles. The standard InChI is InChI=1S/C14H10Cl2N2O3S/c1-8-11-7-10(3-5-14(11)18-17-8)22(19,20)21-9-2-4-12(15)13(16)6-9/h2-7H,1H3,(H,17,18). The Morgan fingerprint density at radius 2 is 1.86 bits per heavy atom. The number of hydrogen-bond acceptors (Lipinski definition) is 4. The van der Waals surface area contributed by atoms with E-state index in [1.807, 2.05) is 6.92 Å². The van der Waals surface area contributed by atoms with Crippen LogP contribution in [0, 0.1) is 6.92 Å². The van der Waals surface area contributed by atoms with Crippen LogP contribution in [0.15, 0.2) is 41.3 Å². The minimum atomic E-state index is -3.97. The molecule has 1 N–H and O–H groups in total. The molecule has 0 spiro atoms. The van der Waals surface area contributed by atoms with E-state index in [1.165, 1.54) is 30.3 Å². The van der Waals surface area contributed by atoms with Crippen molar-refractivity contribution in [1.82, 2.24) is 10.2 Å². The van der Waals surface area contributed by atoms with Crippen LogP contribution in [0.25, 0.3) is 10.9 Å². The van der Waals surface area contributed by atoms with E-state index >= 15 is 0 Å². The Morgan fingerprint density at radius 1 is 1.09 bits per heavy atom. The molecule has 0 atom stereocenters. The minimum absolute atomic E-state index is 0.0376. The van der Waals surface area contributed by atoms with E-state index in [0.717, 1.165) is 11.1 Å². The van der Waals surface area contributed by atoms with Gasteiger partial charge >= 0.3 is 10.1 Å². The highest BCUT2D eigenvalue weighted by Gasteiger charge is 2.18. The van der Waals surface area contributed by atoms with Gasteiger partial charge in [-0.3, -0.25) is 5.10 Å². The Morgan fingerprint density at radius 3 is 2.59 bits per heavy atom. The fourth-order valence-electron chi connectivity index (χ4n) is 1.98. The summed E-state index contributed by atoms with van der Waals surface area (Å²) in [4.78, 5) is 0.0376. The van der Waals surface area contributed by atoms with Crippen LogP contribution in [-0.2, 0) is 10.1 Å². The zero-order valence-electron chi connectivity index (χ0n) is 11.3. The van der Waals surface area contributed by atoms with Crippen molar-refractivity contribution < 1.29 is 12.6 Å². The van der Waals surface area contributed by atoms with Crippen LogP contribution in [0.5, 0.6) is 5.75 Å². The molecule has 22 heavy (non-hydrogen) atoms. The molecule has 3 aromatic rings. The van der Waals surface area contributed by atoms with Gasteiger partial charge in [-0.05, 0) is 37.3 Å². The summed E-state index contributed by atoms with van der Waals surface area (Å²) >= 11 is 11.6. The van der Waals surface area contributed by atoms with Gasteiger partial charge in [0.05, 0.1) is 15.6 Å². The third kappa shape index (κ3) is 2.77. The summed E-state index contributed by atoms with van der Waals surface area (Å²) in [6, 6.07) is 8.83. The predicted octanol–water partition coefficient (Wildman–Crippen LogP) is 3.95. The second-order valence-corrected chi connectivity index (χ2v) is 7.00. The fraction of sp³-hybridized carbons (Fsp3) is 0.0714. The van der Waals surface area contributed by atoms with Crippen LogP contribution in [0.3, 0.4) is 0 Å². The van der Waals surface area contributed by atoms with E-state index in [1.54, 1.807) is 6.07 Å². The van der Waals surface area contributed by atoms with Gasteiger partial charge in [0, 0.05) is 17.1 Å². The quantitative estimate of drug-likeness (QED) is 0.721. The highest BCUT2D eigenvalue weighted by atomic mass is 35.5. The molecule has 3 rings (SSSR count). The van der Waals surface area contributed by atoms with Gasteiger partial charge in [0.25, 0.3) is 0 Å². The number of benzene rings is 2. The molecule has 0 aliphatic heterocycles. The third-order valence-corrected chi connectivity index (χ3v) is 5.08. The van der Waals surface area contributed by atoms with Gasteiger partial charge < -0.3 is 4.18 Å². The van der Waals surface area contributed by atoms with Gasteiger partial charge in [0.15, 0.2) is 0 Å². The predicted molar refractivity (Wildman–Crippen MR) is 85.1 cm³/mol. The SMILES string of the molecule is Cc1[nH]nc2ccc(S(=O)(=O)Oc3ccc(Cl)c(Cl)c3)cc12. The second-order valence-electron chi connectivity index (χ2n) is 4.64. The number of rotatable bonds is 3. The highest BCUT2D eigenvalue weighted by molar-refractivity contribution is 7.87. The van der Waals surface area contributed by atoms with Gasteiger partial charge in [-0.15, -0.1) is 0 Å². The summed E-state index contributed by atoms with van der Waals surface area (Å²) in [5.41, 5.74) is 1.47. The van der Waals surface area contributed by atoms with Crippen LogP contribution in [-0.4, -0.2) is 18.6 Å². The number of hydrogen-bond donors (Lipinski definition) is 1. The molecule has 0 aliphatic rings. The molecule has 5 nitrogen and oxygen atoms in total. The molecular formula is C14H10Cl2N2O3S. The Kier molecular flexibility index (Phi) is 3.76. The summed E-state index contributed by atoms with van der Waals surface area (Å²) in [5.74, 6) is 0.0958. The summed E-state index contributed by atoms with van der Waals surface area (Å²) in [7, 11) is -3.97. The monoisotopic (exact) mass is 356 g/mol. The fourth-order valence-corrected chi connectivity index (χ4v) is 3.21.